The maximum absolute atomic E-state index is 11.0. The minimum Gasteiger partial charge on any atom is -0.262 e. The standard InChI is InChI=1S/C12H13N3O2/c1-9(2)14-11(7-8-13-14)10-5-3-4-6-12(10)15(16)17/h3-9H,1-2H3. The Morgan fingerprint density at radius 2 is 2.00 bits per heavy atom. The first kappa shape index (κ1) is 11.3. The van der Waals surface area contributed by atoms with Crippen LogP contribution >= 0.6 is 0 Å². The lowest BCUT2D eigenvalue weighted by Gasteiger charge is -2.10. The van der Waals surface area contributed by atoms with Gasteiger partial charge in [-0.15, -0.1) is 0 Å². The largest absolute Gasteiger partial charge is 0.278 e. The molecule has 0 saturated carbocycles. The van der Waals surface area contributed by atoms with E-state index >= 15 is 0 Å². The highest BCUT2D eigenvalue weighted by molar-refractivity contribution is 5.70. The molecule has 5 heteroatoms. The zero-order chi connectivity index (χ0) is 12.4. The van der Waals surface area contributed by atoms with Gasteiger partial charge < -0.3 is 0 Å². The molecule has 88 valence electrons. The van der Waals surface area contributed by atoms with Crippen LogP contribution in [0.15, 0.2) is 36.5 Å². The van der Waals surface area contributed by atoms with Crippen LogP contribution in [0.5, 0.6) is 0 Å². The van der Waals surface area contributed by atoms with Crippen LogP contribution in [-0.2, 0) is 0 Å². The Bertz CT molecular complexity index is 546. The third-order valence-corrected chi connectivity index (χ3v) is 2.54. The van der Waals surface area contributed by atoms with E-state index in [0.29, 0.717) is 5.56 Å². The Kier molecular flexibility index (Phi) is 2.91. The highest BCUT2D eigenvalue weighted by atomic mass is 16.6. The van der Waals surface area contributed by atoms with Crippen LogP contribution in [0.2, 0.25) is 0 Å². The molecule has 0 atom stereocenters. The van der Waals surface area contributed by atoms with Gasteiger partial charge >= 0.3 is 0 Å². The van der Waals surface area contributed by atoms with Gasteiger partial charge in [-0.1, -0.05) is 12.1 Å². The van der Waals surface area contributed by atoms with Crippen molar-refractivity contribution < 1.29 is 4.92 Å². The van der Waals surface area contributed by atoms with E-state index in [0.717, 1.165) is 5.69 Å². The van der Waals surface area contributed by atoms with Gasteiger partial charge in [-0.05, 0) is 26.0 Å². The molecule has 0 aliphatic heterocycles. The van der Waals surface area contributed by atoms with Crippen LogP contribution in [0.4, 0.5) is 5.69 Å². The second-order valence-corrected chi connectivity index (χ2v) is 4.03. The molecule has 5 nitrogen and oxygen atoms in total. The summed E-state index contributed by atoms with van der Waals surface area (Å²) >= 11 is 0. The lowest BCUT2D eigenvalue weighted by atomic mass is 10.1. The molecule has 1 aromatic carbocycles. The molecule has 0 bridgehead atoms. The van der Waals surface area contributed by atoms with Crippen LogP contribution in [-0.4, -0.2) is 14.7 Å². The Morgan fingerprint density at radius 1 is 1.29 bits per heavy atom. The van der Waals surface area contributed by atoms with Gasteiger partial charge in [0.2, 0.25) is 0 Å². The molecule has 2 aromatic rings. The maximum atomic E-state index is 11.0. The van der Waals surface area contributed by atoms with E-state index in [9.17, 15) is 10.1 Å². The summed E-state index contributed by atoms with van der Waals surface area (Å²) in [4.78, 5) is 10.6. The first-order chi connectivity index (χ1) is 8.11. The van der Waals surface area contributed by atoms with Crippen molar-refractivity contribution in [3.8, 4) is 11.3 Å². The molecule has 0 aliphatic rings. The van der Waals surface area contributed by atoms with Gasteiger partial charge in [-0.3, -0.25) is 14.8 Å². The minimum atomic E-state index is -0.368. The summed E-state index contributed by atoms with van der Waals surface area (Å²) in [5.41, 5.74) is 1.48. The Hall–Kier alpha value is -2.17. The van der Waals surface area contributed by atoms with Crippen LogP contribution in [0.3, 0.4) is 0 Å². The first-order valence-corrected chi connectivity index (χ1v) is 5.38. The van der Waals surface area contributed by atoms with Crippen molar-refractivity contribution in [1.82, 2.24) is 9.78 Å². The molecule has 0 fully saturated rings. The van der Waals surface area contributed by atoms with Crippen molar-refractivity contribution in [2.75, 3.05) is 0 Å². The number of benzene rings is 1. The average Bonchev–Trinajstić information content (AvgIpc) is 2.77. The van der Waals surface area contributed by atoms with E-state index < -0.39 is 0 Å². The van der Waals surface area contributed by atoms with E-state index in [1.165, 1.54) is 6.07 Å². The maximum Gasteiger partial charge on any atom is 0.278 e. The van der Waals surface area contributed by atoms with Crippen molar-refractivity contribution in [2.24, 2.45) is 0 Å². The minimum absolute atomic E-state index is 0.106. The number of nitro benzene ring substituents is 1. The molecule has 0 N–H and O–H groups in total. The number of aromatic nitrogens is 2. The molecule has 17 heavy (non-hydrogen) atoms. The van der Waals surface area contributed by atoms with E-state index in [4.69, 9.17) is 0 Å². The fourth-order valence-electron chi connectivity index (χ4n) is 1.79. The molecular formula is C12H13N3O2. The summed E-state index contributed by atoms with van der Waals surface area (Å²) in [6.07, 6.45) is 1.66. The number of nitrogens with zero attached hydrogens (tertiary/aromatic N) is 3. The highest BCUT2D eigenvalue weighted by Gasteiger charge is 2.18. The molecule has 1 heterocycles. The third-order valence-electron chi connectivity index (χ3n) is 2.54. The second-order valence-electron chi connectivity index (χ2n) is 4.03. The van der Waals surface area contributed by atoms with E-state index in [2.05, 4.69) is 5.10 Å². The molecule has 1 aromatic heterocycles. The fraction of sp³-hybridized carbons (Fsp3) is 0.250. The van der Waals surface area contributed by atoms with Crippen LogP contribution in [0.1, 0.15) is 19.9 Å². The SMILES string of the molecule is CC(C)n1nccc1-c1ccccc1[N+](=O)[O-]. The molecule has 0 radical (unpaired) electrons. The summed E-state index contributed by atoms with van der Waals surface area (Å²) in [5.74, 6) is 0. The van der Waals surface area contributed by atoms with Crippen molar-refractivity contribution in [2.45, 2.75) is 19.9 Å². The Morgan fingerprint density at radius 3 is 2.65 bits per heavy atom. The number of hydrogen-bond donors (Lipinski definition) is 0. The smallest absolute Gasteiger partial charge is 0.262 e. The molecule has 2 rings (SSSR count). The highest BCUT2D eigenvalue weighted by Crippen LogP contribution is 2.30. The number of rotatable bonds is 3. The van der Waals surface area contributed by atoms with Gasteiger partial charge in [0.15, 0.2) is 0 Å². The summed E-state index contributed by atoms with van der Waals surface area (Å²) < 4.78 is 1.78. The summed E-state index contributed by atoms with van der Waals surface area (Å²) in [6.45, 7) is 3.98. The van der Waals surface area contributed by atoms with E-state index in [1.807, 2.05) is 13.8 Å². The van der Waals surface area contributed by atoms with Gasteiger partial charge in [0.05, 0.1) is 16.2 Å². The lowest BCUT2D eigenvalue weighted by molar-refractivity contribution is -0.384. The van der Waals surface area contributed by atoms with E-state index in [1.54, 1.807) is 35.1 Å². The second kappa shape index (κ2) is 4.37. The van der Waals surface area contributed by atoms with Crippen molar-refractivity contribution >= 4 is 5.69 Å². The van der Waals surface area contributed by atoms with Gasteiger partial charge in [0, 0.05) is 18.3 Å². The van der Waals surface area contributed by atoms with Gasteiger partial charge in [0.1, 0.15) is 0 Å². The molecule has 0 aliphatic carbocycles. The number of hydrogen-bond acceptors (Lipinski definition) is 3. The predicted octanol–water partition coefficient (Wildman–Crippen LogP) is 3.04. The van der Waals surface area contributed by atoms with Gasteiger partial charge in [-0.2, -0.15) is 5.10 Å². The van der Waals surface area contributed by atoms with E-state index in [-0.39, 0.29) is 16.7 Å². The predicted molar refractivity (Wildman–Crippen MR) is 64.7 cm³/mol. The summed E-state index contributed by atoms with van der Waals surface area (Å²) in [5, 5.41) is 15.2. The molecule has 0 unspecified atom stereocenters. The first-order valence-electron chi connectivity index (χ1n) is 5.38. The lowest BCUT2D eigenvalue weighted by Crippen LogP contribution is -2.05. The van der Waals surface area contributed by atoms with Crippen molar-refractivity contribution in [1.29, 1.82) is 0 Å². The van der Waals surface area contributed by atoms with Crippen LogP contribution in [0.25, 0.3) is 11.3 Å². The Labute approximate surface area is 98.8 Å². The van der Waals surface area contributed by atoms with Gasteiger partial charge in [-0.25, -0.2) is 0 Å². The molecule has 0 saturated heterocycles. The van der Waals surface area contributed by atoms with Crippen molar-refractivity contribution in [3.63, 3.8) is 0 Å². The Balaban J connectivity index is 2.60. The number of nitro groups is 1. The third kappa shape index (κ3) is 2.04. The quantitative estimate of drug-likeness (QED) is 0.602. The van der Waals surface area contributed by atoms with Crippen LogP contribution in [0, 0.1) is 10.1 Å². The summed E-state index contributed by atoms with van der Waals surface area (Å²) in [6, 6.07) is 8.67. The fourth-order valence-corrected chi connectivity index (χ4v) is 1.79. The zero-order valence-corrected chi connectivity index (χ0v) is 9.70. The summed E-state index contributed by atoms with van der Waals surface area (Å²) in [7, 11) is 0. The van der Waals surface area contributed by atoms with Crippen LogP contribution < -0.4 is 0 Å². The van der Waals surface area contributed by atoms with Crippen molar-refractivity contribution in [3.05, 3.63) is 46.6 Å². The molecular weight excluding hydrogens is 218 g/mol. The molecule has 0 spiro atoms. The zero-order valence-electron chi connectivity index (χ0n) is 9.70. The number of para-hydroxylation sites is 1. The normalized spacial score (nSPS) is 10.8. The monoisotopic (exact) mass is 231 g/mol. The van der Waals surface area contributed by atoms with Gasteiger partial charge in [0.25, 0.3) is 5.69 Å². The topological polar surface area (TPSA) is 61.0 Å². The average molecular weight is 231 g/mol. The molecule has 0 amide bonds.